The summed E-state index contributed by atoms with van der Waals surface area (Å²) >= 11 is 0. The quantitative estimate of drug-likeness (QED) is 0.0257. The Morgan fingerprint density at radius 1 is 0.878 bits per heavy atom. The molecule has 9 rings (SSSR count). The summed E-state index contributed by atoms with van der Waals surface area (Å²) < 4.78 is 75.0. The average Bonchev–Trinajstić information content (AvgIpc) is 4.23. The molecule has 82 heavy (non-hydrogen) atoms. The van der Waals surface area contributed by atoms with E-state index in [0.717, 1.165) is 40.2 Å². The van der Waals surface area contributed by atoms with E-state index in [2.05, 4.69) is 35.6 Å². The lowest BCUT2D eigenvalue weighted by Crippen LogP contribution is -2.50. The second-order valence-electron chi connectivity index (χ2n) is 18.5. The summed E-state index contributed by atoms with van der Waals surface area (Å²) in [6.07, 6.45) is -16.6. The summed E-state index contributed by atoms with van der Waals surface area (Å²) in [6.45, 7) is 0.589. The molecule has 0 radical (unpaired) electrons. The van der Waals surface area contributed by atoms with Gasteiger partial charge in [-0.25, -0.2) is 24.5 Å². The maximum atomic E-state index is 14.0. The number of aromatic nitrogens is 8. The third-order valence-corrected chi connectivity index (χ3v) is 14.6. The number of ketones is 1. The number of ether oxygens (including phenoxy) is 4. The lowest BCUT2D eigenvalue weighted by molar-refractivity contribution is -0.219. The number of esters is 1. The molecule has 6 aromatic rings. The fraction of sp³-hybridized carbons (Fsp3) is 0.396. The first kappa shape index (κ1) is 59.0. The summed E-state index contributed by atoms with van der Waals surface area (Å²) in [7, 11) is -7.30. The first-order valence-corrected chi connectivity index (χ1v) is 26.9. The Bertz CT molecular complexity index is 3570. The van der Waals surface area contributed by atoms with Crippen LogP contribution in [0.1, 0.15) is 71.1 Å². The van der Waals surface area contributed by atoms with E-state index in [1.165, 1.54) is 26.0 Å². The number of rotatable bonds is 22. The molecular formula is C48H50N10O22P2+2. The van der Waals surface area contributed by atoms with Gasteiger partial charge in [0.15, 0.2) is 47.7 Å². The largest absolute Gasteiger partial charge is 0.701 e. The Morgan fingerprint density at radius 3 is 2.24 bits per heavy atom. The molecule has 0 aliphatic carbocycles. The summed E-state index contributed by atoms with van der Waals surface area (Å²) in [4.78, 5) is 107. The van der Waals surface area contributed by atoms with Crippen molar-refractivity contribution < 1.29 is 90.9 Å². The van der Waals surface area contributed by atoms with E-state index in [-0.39, 0.29) is 64.5 Å². The number of amides is 2. The molecule has 3 fully saturated rings. The van der Waals surface area contributed by atoms with E-state index < -0.39 is 138 Å². The third kappa shape index (κ3) is 12.8. The highest BCUT2D eigenvalue weighted by Gasteiger charge is 2.64. The summed E-state index contributed by atoms with van der Waals surface area (Å²) in [6, 6.07) is 17.2. The monoisotopic (exact) mass is 1180 g/mol. The molecule has 3 saturated heterocycles. The van der Waals surface area contributed by atoms with Crippen LogP contribution in [0, 0.1) is 6.92 Å². The van der Waals surface area contributed by atoms with Crippen LogP contribution in [0.15, 0.2) is 106 Å². The van der Waals surface area contributed by atoms with E-state index >= 15 is 0 Å². The van der Waals surface area contributed by atoms with Crippen molar-refractivity contribution in [3.63, 3.8) is 0 Å². The Morgan fingerprint density at radius 2 is 1.57 bits per heavy atom. The maximum absolute atomic E-state index is 14.0. The zero-order valence-electron chi connectivity index (χ0n) is 42.7. The molecule has 4 aromatic heterocycles. The topological polar surface area (TPSA) is 435 Å². The number of anilines is 2. The summed E-state index contributed by atoms with van der Waals surface area (Å²) in [5.74, 6) is -5.85. The van der Waals surface area contributed by atoms with Crippen molar-refractivity contribution in [2.24, 2.45) is 0 Å². The molecular weight excluding hydrogens is 1130 g/mol. The number of aliphatic hydroxyl groups excluding tert-OH is 4. The molecule has 0 saturated carbocycles. The Labute approximate surface area is 461 Å². The summed E-state index contributed by atoms with van der Waals surface area (Å²) in [5, 5.41) is 61.7. The molecule has 7 heterocycles. The smallest absolute Gasteiger partial charge is 0.459 e. The number of aryl methyl sites for hydroxylation is 1. The van der Waals surface area contributed by atoms with Gasteiger partial charge in [-0.05, 0) is 44.2 Å². The van der Waals surface area contributed by atoms with Gasteiger partial charge in [-0.2, -0.15) is 4.98 Å². The van der Waals surface area contributed by atoms with Crippen molar-refractivity contribution in [3.8, 4) is 0 Å². The van der Waals surface area contributed by atoms with E-state index in [1.807, 2.05) is 0 Å². The van der Waals surface area contributed by atoms with Crippen molar-refractivity contribution in [1.82, 2.24) is 38.6 Å². The molecule has 34 heteroatoms. The van der Waals surface area contributed by atoms with Crippen LogP contribution >= 0.6 is 16.5 Å². The normalized spacial score (nSPS) is 25.8. The molecule has 3 aliphatic rings. The molecule has 8 N–H and O–H groups in total. The lowest BCUT2D eigenvalue weighted by Gasteiger charge is -2.24. The number of aromatic amines is 1. The molecule has 32 nitrogen and oxygen atoms in total. The highest BCUT2D eigenvalue weighted by atomic mass is 31.1. The molecule has 0 bridgehead atoms. The minimum absolute atomic E-state index is 0.0117. The van der Waals surface area contributed by atoms with Gasteiger partial charge in [0.05, 0.1) is 19.4 Å². The number of fused-ring (bicyclic) bond motifs is 1. The minimum atomic E-state index is -3.80. The average molecular weight is 1180 g/mol. The molecule has 3 unspecified atom stereocenters. The highest BCUT2D eigenvalue weighted by molar-refractivity contribution is 7.33. The Balaban J connectivity index is 0.932. The van der Waals surface area contributed by atoms with E-state index in [0.29, 0.717) is 4.57 Å². The predicted octanol–water partition coefficient (Wildman–Crippen LogP) is 0.281. The van der Waals surface area contributed by atoms with Crippen LogP contribution in [0.4, 0.5) is 11.6 Å². The molecule has 2 aromatic carbocycles. The van der Waals surface area contributed by atoms with E-state index in [9.17, 15) is 68.2 Å². The second kappa shape index (κ2) is 25.2. The van der Waals surface area contributed by atoms with Gasteiger partial charge in [0, 0.05) is 51.1 Å². The van der Waals surface area contributed by atoms with E-state index in [4.69, 9.17) is 37.0 Å². The van der Waals surface area contributed by atoms with Crippen LogP contribution < -0.4 is 27.6 Å². The van der Waals surface area contributed by atoms with Gasteiger partial charge in [0.1, 0.15) is 55.2 Å². The number of benzene rings is 2. The molecule has 432 valence electrons. The zero-order valence-corrected chi connectivity index (χ0v) is 44.5. The maximum Gasteiger partial charge on any atom is 0.701 e. The van der Waals surface area contributed by atoms with Gasteiger partial charge < -0.3 is 59.9 Å². The SMILES string of the molecule is CC(=O)CCC(=O)O[C@H]1C[C@H](n2cc(C)c(=O)[nH]c2=O)O[C@@H]1C(O)O[P+](=O)OC[C@H]1O[C@@H](n2cnc3c(NC(=O)c4ccccc4)ncnc32)[C@H](O)[C@@H]1O[P+](=O)O[C@@]1(O)[C@@H](CO)O[C@@H](n2ccc(NC(=O)c3ccccc3)nc2=O)[C@@H]1O. The number of nitrogens with one attached hydrogen (secondary N) is 3. The number of carbonyl (C=O) groups is 4. The number of aliphatic hydroxyl groups is 5. The number of H-pyrrole nitrogens is 1. The number of hydrogen-bond acceptors (Lipinski definition) is 26. The van der Waals surface area contributed by atoms with Crippen LogP contribution in [0.5, 0.6) is 0 Å². The van der Waals surface area contributed by atoms with Gasteiger partial charge in [0.2, 0.25) is 6.29 Å². The fourth-order valence-electron chi connectivity index (χ4n) is 8.87. The first-order chi connectivity index (χ1) is 39.2. The first-order valence-electron chi connectivity index (χ1n) is 24.7. The van der Waals surface area contributed by atoms with Crippen LogP contribution in [-0.4, -0.2) is 156 Å². The Kier molecular flexibility index (Phi) is 18.2. The molecule has 0 spiro atoms. The van der Waals surface area contributed by atoms with Crippen LogP contribution in [0.2, 0.25) is 0 Å². The van der Waals surface area contributed by atoms with Gasteiger partial charge in [0.25, 0.3) is 23.2 Å². The number of carbonyl (C=O) groups excluding carboxylic acids is 4. The number of Topliss-reactive ketones (excluding diaryl/α,β-unsaturated/α-hetero) is 1. The minimum Gasteiger partial charge on any atom is -0.459 e. The standard InChI is InChI=1S/C48H48N10O22P2/c1-23-18-57(47(69)55-40(23)64)31-17-27(74-32(61)14-13-24(2)60)36(77-31)45(67)79-81(71)73-20-28-35(34(62)43(75-28)58-22-51-33-38(49-21-50-39(33)58)54-42(66)26-11-7-4-8-12-26)78-82(72)80-48(70)29(19-59)76-44(37(48)63)56-16-15-30(53-46(56)68)52-41(65)25-9-5-3-6-10-25/h3-12,15-16,18,21-22,27-29,31,34-37,43-45,59,62-63,67,70H,13-14,17,19-20H2,1-2H3,(H-2,49,50,52,53,54,55,64,65,66,68,69)/p+2/t27-,28+,29+,31+,34+,35+,36-,37-,43+,44+,45?,48-/m0/s1. The van der Waals surface area contributed by atoms with Crippen molar-refractivity contribution in [2.75, 3.05) is 23.8 Å². The van der Waals surface area contributed by atoms with Crippen LogP contribution in [-0.2, 0) is 55.8 Å². The Hall–Kier alpha value is -7.65. The molecule has 14 atom stereocenters. The lowest BCUT2D eigenvalue weighted by atomic mass is 10.1. The van der Waals surface area contributed by atoms with Crippen molar-refractivity contribution in [3.05, 3.63) is 140 Å². The number of nitrogens with zero attached hydrogens (tertiary/aromatic N) is 7. The number of hydrogen-bond donors (Lipinski definition) is 8. The fourth-order valence-corrected chi connectivity index (χ4v) is 10.5. The third-order valence-electron chi connectivity index (χ3n) is 13.0. The molecule has 2 amide bonds. The van der Waals surface area contributed by atoms with Crippen LogP contribution in [0.25, 0.3) is 11.2 Å². The van der Waals surface area contributed by atoms with Gasteiger partial charge in [-0.3, -0.25) is 37.9 Å². The predicted molar refractivity (Wildman–Crippen MR) is 273 cm³/mol. The zero-order chi connectivity index (χ0) is 58.6. The van der Waals surface area contributed by atoms with Crippen molar-refractivity contribution >= 4 is 62.9 Å². The second-order valence-corrected chi connectivity index (χ2v) is 20.3. The molecule has 3 aliphatic heterocycles. The van der Waals surface area contributed by atoms with Gasteiger partial charge in [-0.15, -0.1) is 9.05 Å². The van der Waals surface area contributed by atoms with Crippen molar-refractivity contribution in [2.45, 2.75) is 107 Å². The van der Waals surface area contributed by atoms with Gasteiger partial charge >= 0.3 is 33.9 Å². The van der Waals surface area contributed by atoms with Crippen molar-refractivity contribution in [1.29, 1.82) is 0 Å². The van der Waals surface area contributed by atoms with Gasteiger partial charge in [-0.1, -0.05) is 45.4 Å². The number of imidazole rings is 1. The van der Waals surface area contributed by atoms with E-state index in [1.54, 1.807) is 48.5 Å². The summed E-state index contributed by atoms with van der Waals surface area (Å²) in [5.41, 5.74) is -2.21. The highest BCUT2D eigenvalue weighted by Crippen LogP contribution is 2.47. The van der Waals surface area contributed by atoms with Crippen LogP contribution in [0.3, 0.4) is 0 Å².